The Balaban J connectivity index is 3.50. The lowest BCUT2D eigenvalue weighted by atomic mass is 10.1. The third-order valence-electron chi connectivity index (χ3n) is 5.19. The molecule has 0 radical (unpaired) electrons. The summed E-state index contributed by atoms with van der Waals surface area (Å²) in [5.74, 6) is -0.915. The maximum atomic E-state index is 11.9. The second-order valence-electron chi connectivity index (χ2n) is 8.15. The number of hydrogen-bond donors (Lipinski definition) is 1. The van der Waals surface area contributed by atoms with Crippen LogP contribution in [0.5, 0.6) is 0 Å². The SMILES string of the molecule is CCCCCCCCCCOC(=O)CC(N)C(=O)OCCCCCCCCCC. The third kappa shape index (κ3) is 20.0. The van der Waals surface area contributed by atoms with E-state index in [1.54, 1.807) is 0 Å². The van der Waals surface area contributed by atoms with Crippen molar-refractivity contribution in [2.45, 2.75) is 129 Å². The monoisotopic (exact) mass is 413 g/mol. The Bertz CT molecular complexity index is 387. The summed E-state index contributed by atoms with van der Waals surface area (Å²) in [5.41, 5.74) is 5.76. The summed E-state index contributed by atoms with van der Waals surface area (Å²) >= 11 is 0. The predicted molar refractivity (Wildman–Crippen MR) is 120 cm³/mol. The average Bonchev–Trinajstić information content (AvgIpc) is 2.71. The molecule has 172 valence electrons. The molecule has 0 amide bonds. The molecule has 0 saturated heterocycles. The van der Waals surface area contributed by atoms with Gasteiger partial charge < -0.3 is 15.2 Å². The minimum absolute atomic E-state index is 0.104. The number of rotatable bonds is 21. The van der Waals surface area contributed by atoms with Gasteiger partial charge in [0, 0.05) is 0 Å². The fourth-order valence-electron chi connectivity index (χ4n) is 3.26. The molecule has 0 bridgehead atoms. The Morgan fingerprint density at radius 1 is 0.621 bits per heavy atom. The Morgan fingerprint density at radius 2 is 1.00 bits per heavy atom. The zero-order valence-electron chi connectivity index (χ0n) is 19.2. The van der Waals surface area contributed by atoms with Crippen molar-refractivity contribution in [1.29, 1.82) is 0 Å². The van der Waals surface area contributed by atoms with E-state index in [1.165, 1.54) is 77.0 Å². The van der Waals surface area contributed by atoms with E-state index in [2.05, 4.69) is 13.8 Å². The number of esters is 2. The molecule has 0 aliphatic carbocycles. The van der Waals surface area contributed by atoms with Crippen molar-refractivity contribution in [2.75, 3.05) is 13.2 Å². The van der Waals surface area contributed by atoms with Gasteiger partial charge in [-0.2, -0.15) is 0 Å². The summed E-state index contributed by atoms with van der Waals surface area (Å²) in [5, 5.41) is 0. The van der Waals surface area contributed by atoms with Gasteiger partial charge in [-0.1, -0.05) is 104 Å². The minimum atomic E-state index is -0.921. The molecule has 29 heavy (non-hydrogen) atoms. The van der Waals surface area contributed by atoms with E-state index in [0.29, 0.717) is 13.2 Å². The molecular formula is C24H47NO4. The highest BCUT2D eigenvalue weighted by Gasteiger charge is 2.19. The van der Waals surface area contributed by atoms with Crippen LogP contribution in [0.15, 0.2) is 0 Å². The molecule has 0 aliphatic heterocycles. The van der Waals surface area contributed by atoms with Gasteiger partial charge in [0.25, 0.3) is 0 Å². The summed E-state index contributed by atoms with van der Waals surface area (Å²) in [4.78, 5) is 23.6. The van der Waals surface area contributed by atoms with Gasteiger partial charge in [0.2, 0.25) is 0 Å². The molecule has 0 heterocycles. The molecule has 0 aromatic rings. The van der Waals surface area contributed by atoms with Crippen molar-refractivity contribution in [1.82, 2.24) is 0 Å². The fraction of sp³-hybridized carbons (Fsp3) is 0.917. The topological polar surface area (TPSA) is 78.6 Å². The Morgan fingerprint density at radius 3 is 1.45 bits per heavy atom. The van der Waals surface area contributed by atoms with Crippen LogP contribution in [-0.4, -0.2) is 31.2 Å². The highest BCUT2D eigenvalue weighted by molar-refractivity contribution is 5.82. The molecule has 0 aromatic heterocycles. The lowest BCUT2D eigenvalue weighted by Gasteiger charge is -2.11. The van der Waals surface area contributed by atoms with Gasteiger partial charge >= 0.3 is 11.9 Å². The predicted octanol–water partition coefficient (Wildman–Crippen LogP) is 6.07. The second-order valence-corrected chi connectivity index (χ2v) is 8.15. The van der Waals surface area contributed by atoms with Crippen molar-refractivity contribution < 1.29 is 19.1 Å². The van der Waals surface area contributed by atoms with Crippen LogP contribution in [-0.2, 0) is 19.1 Å². The Kier molecular flexibility index (Phi) is 20.8. The van der Waals surface area contributed by atoms with Crippen molar-refractivity contribution >= 4 is 11.9 Å². The first-order valence-electron chi connectivity index (χ1n) is 12.2. The lowest BCUT2D eigenvalue weighted by molar-refractivity contribution is -0.152. The summed E-state index contributed by atoms with van der Waals surface area (Å²) in [6.07, 6.45) is 19.0. The third-order valence-corrected chi connectivity index (χ3v) is 5.19. The molecule has 0 aliphatic rings. The minimum Gasteiger partial charge on any atom is -0.466 e. The maximum Gasteiger partial charge on any atom is 0.323 e. The van der Waals surface area contributed by atoms with E-state index in [-0.39, 0.29) is 6.42 Å². The van der Waals surface area contributed by atoms with E-state index < -0.39 is 18.0 Å². The van der Waals surface area contributed by atoms with Gasteiger partial charge in [0.15, 0.2) is 0 Å². The van der Waals surface area contributed by atoms with E-state index in [0.717, 1.165) is 25.7 Å². The van der Waals surface area contributed by atoms with Crippen LogP contribution in [0.25, 0.3) is 0 Å². The zero-order chi connectivity index (χ0) is 21.6. The molecule has 2 N–H and O–H groups in total. The van der Waals surface area contributed by atoms with Gasteiger partial charge in [0.1, 0.15) is 6.04 Å². The van der Waals surface area contributed by atoms with Gasteiger partial charge in [0.05, 0.1) is 19.6 Å². The maximum absolute atomic E-state index is 11.9. The lowest BCUT2D eigenvalue weighted by Crippen LogP contribution is -2.35. The van der Waals surface area contributed by atoms with E-state index >= 15 is 0 Å². The van der Waals surface area contributed by atoms with Crippen molar-refractivity contribution in [3.63, 3.8) is 0 Å². The standard InChI is InChI=1S/C24H47NO4/c1-3-5-7-9-11-13-15-17-19-28-23(26)21-22(25)24(27)29-20-18-16-14-12-10-8-6-4-2/h22H,3-21,25H2,1-2H3. The first-order valence-corrected chi connectivity index (χ1v) is 12.2. The molecule has 0 fully saturated rings. The molecule has 5 nitrogen and oxygen atoms in total. The molecule has 1 atom stereocenters. The molecule has 0 rings (SSSR count). The van der Waals surface area contributed by atoms with Crippen LogP contribution in [0.2, 0.25) is 0 Å². The zero-order valence-corrected chi connectivity index (χ0v) is 19.2. The van der Waals surface area contributed by atoms with Gasteiger partial charge in [-0.15, -0.1) is 0 Å². The normalized spacial score (nSPS) is 12.0. The molecular weight excluding hydrogens is 366 g/mol. The van der Waals surface area contributed by atoms with Crippen LogP contribution < -0.4 is 5.73 Å². The van der Waals surface area contributed by atoms with Crippen molar-refractivity contribution in [3.8, 4) is 0 Å². The Hall–Kier alpha value is -1.10. The number of hydrogen-bond acceptors (Lipinski definition) is 5. The van der Waals surface area contributed by atoms with Gasteiger partial charge in [-0.05, 0) is 12.8 Å². The van der Waals surface area contributed by atoms with E-state index in [1.807, 2.05) is 0 Å². The largest absolute Gasteiger partial charge is 0.466 e. The van der Waals surface area contributed by atoms with Crippen LogP contribution in [0, 0.1) is 0 Å². The smallest absolute Gasteiger partial charge is 0.323 e. The summed E-state index contributed by atoms with van der Waals surface area (Å²) in [6, 6.07) is -0.921. The highest BCUT2D eigenvalue weighted by atomic mass is 16.5. The highest BCUT2D eigenvalue weighted by Crippen LogP contribution is 2.10. The van der Waals surface area contributed by atoms with Crippen molar-refractivity contribution in [3.05, 3.63) is 0 Å². The van der Waals surface area contributed by atoms with Gasteiger partial charge in [-0.25, -0.2) is 0 Å². The average molecular weight is 414 g/mol. The number of ether oxygens (including phenoxy) is 2. The first-order chi connectivity index (χ1) is 14.1. The number of nitrogens with two attached hydrogens (primary N) is 1. The number of carbonyl (C=O) groups excluding carboxylic acids is 2. The number of unbranched alkanes of at least 4 members (excludes halogenated alkanes) is 14. The second kappa shape index (κ2) is 21.6. The van der Waals surface area contributed by atoms with Crippen LogP contribution in [0.4, 0.5) is 0 Å². The molecule has 1 unspecified atom stereocenters. The van der Waals surface area contributed by atoms with Gasteiger partial charge in [-0.3, -0.25) is 9.59 Å². The molecule has 0 aromatic carbocycles. The van der Waals surface area contributed by atoms with E-state index in [9.17, 15) is 9.59 Å². The number of carbonyl (C=O) groups is 2. The molecule has 0 spiro atoms. The van der Waals surface area contributed by atoms with Crippen LogP contribution in [0.1, 0.15) is 123 Å². The van der Waals surface area contributed by atoms with E-state index in [4.69, 9.17) is 15.2 Å². The first kappa shape index (κ1) is 27.9. The molecule has 0 saturated carbocycles. The summed E-state index contributed by atoms with van der Waals surface area (Å²) in [6.45, 7) is 5.23. The summed E-state index contributed by atoms with van der Waals surface area (Å²) < 4.78 is 10.4. The summed E-state index contributed by atoms with van der Waals surface area (Å²) in [7, 11) is 0. The Labute approximate surface area is 179 Å². The van der Waals surface area contributed by atoms with Crippen LogP contribution in [0.3, 0.4) is 0 Å². The van der Waals surface area contributed by atoms with Crippen LogP contribution >= 0.6 is 0 Å². The quantitative estimate of drug-likeness (QED) is 0.182. The molecule has 5 heteroatoms. The fourth-order valence-corrected chi connectivity index (χ4v) is 3.26. The van der Waals surface area contributed by atoms with Crippen molar-refractivity contribution in [2.24, 2.45) is 5.73 Å².